The fourth-order valence-corrected chi connectivity index (χ4v) is 6.71. The molecule has 212 valence electrons. The zero-order valence-electron chi connectivity index (χ0n) is 23.3. The van der Waals surface area contributed by atoms with Gasteiger partial charge in [-0.3, -0.25) is 4.79 Å². The first-order valence-corrected chi connectivity index (χ1v) is 13.9. The van der Waals surface area contributed by atoms with Crippen molar-refractivity contribution in [3.63, 3.8) is 0 Å². The van der Waals surface area contributed by atoms with Gasteiger partial charge in [0.15, 0.2) is 0 Å². The monoisotopic (exact) mass is 546 g/mol. The minimum absolute atomic E-state index is 0.137. The molecule has 5 nitrogen and oxygen atoms in total. The Morgan fingerprint density at radius 2 is 1.46 bits per heavy atom. The van der Waals surface area contributed by atoms with Gasteiger partial charge in [0.2, 0.25) is 0 Å². The van der Waals surface area contributed by atoms with E-state index in [1.807, 2.05) is 21.0 Å². The maximum atomic E-state index is 13.0. The summed E-state index contributed by atoms with van der Waals surface area (Å²) in [6.07, 6.45) is 6.54. The summed E-state index contributed by atoms with van der Waals surface area (Å²) >= 11 is 5.88. The van der Waals surface area contributed by atoms with E-state index in [0.717, 1.165) is 38.2 Å². The zero-order valence-corrected chi connectivity index (χ0v) is 24.1. The van der Waals surface area contributed by atoms with E-state index in [-0.39, 0.29) is 17.1 Å². The number of halogens is 4. The Labute approximate surface area is 226 Å². The number of hydrogen-bond donors (Lipinski definition) is 2. The second-order valence-electron chi connectivity index (χ2n) is 11.0. The third kappa shape index (κ3) is 7.00. The maximum absolute atomic E-state index is 13.0. The van der Waals surface area contributed by atoms with Gasteiger partial charge < -0.3 is 20.9 Å². The molecule has 3 N–H and O–H groups in total. The van der Waals surface area contributed by atoms with E-state index in [1.54, 1.807) is 0 Å². The minimum atomic E-state index is -4.59. The highest BCUT2D eigenvalue weighted by Crippen LogP contribution is 2.39. The van der Waals surface area contributed by atoms with Crippen LogP contribution in [-0.2, 0) is 6.18 Å². The predicted octanol–water partition coefficient (Wildman–Crippen LogP) is 6.34. The van der Waals surface area contributed by atoms with Crippen LogP contribution in [0.5, 0.6) is 0 Å². The first-order valence-electron chi connectivity index (χ1n) is 13.5. The molecule has 0 aromatic heterocycles. The lowest BCUT2D eigenvalue weighted by molar-refractivity contribution is -0.137. The van der Waals surface area contributed by atoms with E-state index >= 15 is 0 Å². The number of carbonyl (C=O) groups excluding carboxylic acids is 1. The van der Waals surface area contributed by atoms with E-state index in [1.165, 1.54) is 37.8 Å². The summed E-state index contributed by atoms with van der Waals surface area (Å²) in [6.45, 7) is 4.16. The van der Waals surface area contributed by atoms with Crippen LogP contribution in [0.15, 0.2) is 18.2 Å². The van der Waals surface area contributed by atoms with Crippen LogP contribution in [0, 0.1) is 0 Å². The predicted molar refractivity (Wildman–Crippen MR) is 146 cm³/mol. The number of alkyl halides is 3. The van der Waals surface area contributed by atoms with E-state index in [0.29, 0.717) is 18.0 Å². The van der Waals surface area contributed by atoms with Gasteiger partial charge in [-0.1, -0.05) is 57.2 Å². The molecule has 0 aliphatic heterocycles. The molecule has 1 aromatic carbocycles. The van der Waals surface area contributed by atoms with Gasteiger partial charge in [0, 0.05) is 23.2 Å². The Hall–Kier alpha value is -1.35. The lowest BCUT2D eigenvalue weighted by Crippen LogP contribution is -2.58. The molecule has 0 saturated heterocycles. The first-order chi connectivity index (χ1) is 17.3. The molecule has 2 aliphatic rings. The molecule has 2 fully saturated rings. The van der Waals surface area contributed by atoms with Crippen LogP contribution in [0.4, 0.5) is 13.2 Å². The largest absolute Gasteiger partial charge is 0.417 e. The van der Waals surface area contributed by atoms with Gasteiger partial charge in [0.1, 0.15) is 0 Å². The lowest BCUT2D eigenvalue weighted by Gasteiger charge is -2.43. The summed E-state index contributed by atoms with van der Waals surface area (Å²) in [5.41, 5.74) is 5.19. The number of carbonyl (C=O) groups is 1. The van der Waals surface area contributed by atoms with Crippen molar-refractivity contribution in [1.29, 1.82) is 0 Å². The molecule has 0 radical (unpaired) electrons. The van der Waals surface area contributed by atoms with Crippen molar-refractivity contribution in [3.8, 4) is 0 Å². The molecule has 37 heavy (non-hydrogen) atoms. The van der Waals surface area contributed by atoms with Crippen LogP contribution in [-0.4, -0.2) is 67.1 Å². The van der Waals surface area contributed by atoms with Crippen molar-refractivity contribution in [2.75, 3.05) is 28.2 Å². The van der Waals surface area contributed by atoms with Gasteiger partial charge in [0.25, 0.3) is 5.91 Å². The molecule has 1 aromatic rings. The Bertz CT molecular complexity index is 879. The van der Waals surface area contributed by atoms with Crippen LogP contribution in [0.25, 0.3) is 0 Å². The molecule has 9 heteroatoms. The second kappa shape index (κ2) is 13.1. The normalized spacial score (nSPS) is 20.5. The Morgan fingerprint density at radius 3 is 1.86 bits per heavy atom. The molecule has 0 spiro atoms. The summed E-state index contributed by atoms with van der Waals surface area (Å²) in [7, 11) is 8.30. The molecular formula is C28H46ClF3N4O. The SMILES string of the molecule is CCC(N)C1(N(C)C)CCCC1.CCC(NC(=O)c1cccc(C(F)(F)F)c1Cl)C1(N(C)C)CCCC1. The standard InChI is InChI=1S/C18H24ClF3N2O.C10H22N2/c1-4-14(17(24(2)3)10-5-6-11-17)23-16(25)12-8-7-9-13(15(12)19)18(20,21)22;1-4-9(11)10(12(2)3)7-5-6-8-10/h7-9,14H,4-6,10-11H2,1-3H3,(H,23,25);9H,4-8,11H2,1-3H3. The molecule has 2 atom stereocenters. The van der Waals surface area contributed by atoms with Crippen molar-refractivity contribution in [2.24, 2.45) is 5.73 Å². The molecular weight excluding hydrogens is 501 g/mol. The topological polar surface area (TPSA) is 61.6 Å². The molecule has 3 rings (SSSR count). The van der Waals surface area contributed by atoms with Gasteiger partial charge in [-0.25, -0.2) is 0 Å². The van der Waals surface area contributed by atoms with Gasteiger partial charge >= 0.3 is 6.18 Å². The molecule has 2 unspecified atom stereocenters. The van der Waals surface area contributed by atoms with Gasteiger partial charge in [0.05, 0.1) is 16.1 Å². The summed E-state index contributed by atoms with van der Waals surface area (Å²) in [6, 6.07) is 3.63. The van der Waals surface area contributed by atoms with Crippen molar-refractivity contribution in [1.82, 2.24) is 15.1 Å². The van der Waals surface area contributed by atoms with Crippen molar-refractivity contribution < 1.29 is 18.0 Å². The average molecular weight is 547 g/mol. The summed E-state index contributed by atoms with van der Waals surface area (Å²) < 4.78 is 39.0. The zero-order chi connectivity index (χ0) is 28.0. The van der Waals surface area contributed by atoms with Crippen molar-refractivity contribution in [3.05, 3.63) is 34.3 Å². The van der Waals surface area contributed by atoms with Crippen molar-refractivity contribution in [2.45, 2.75) is 107 Å². The van der Waals surface area contributed by atoms with Crippen LogP contribution < -0.4 is 11.1 Å². The molecule has 2 aliphatic carbocycles. The number of rotatable bonds is 8. The number of hydrogen-bond acceptors (Lipinski definition) is 4. The number of benzene rings is 1. The van der Waals surface area contributed by atoms with Gasteiger partial charge in [-0.15, -0.1) is 0 Å². The highest BCUT2D eigenvalue weighted by atomic mass is 35.5. The Balaban J connectivity index is 0.000000335. The van der Waals surface area contributed by atoms with Crippen LogP contribution >= 0.6 is 11.6 Å². The quantitative estimate of drug-likeness (QED) is 0.399. The van der Waals surface area contributed by atoms with Gasteiger partial charge in [-0.2, -0.15) is 13.2 Å². The number of nitrogens with zero attached hydrogens (tertiary/aromatic N) is 2. The first kappa shape index (κ1) is 31.9. The number of nitrogens with two attached hydrogens (primary N) is 1. The summed E-state index contributed by atoms with van der Waals surface area (Å²) in [5, 5.41) is 2.39. The van der Waals surface area contributed by atoms with Crippen LogP contribution in [0.3, 0.4) is 0 Å². The summed E-state index contributed by atoms with van der Waals surface area (Å²) in [5.74, 6) is -0.559. The smallest absolute Gasteiger partial charge is 0.347 e. The van der Waals surface area contributed by atoms with E-state index in [9.17, 15) is 18.0 Å². The highest BCUT2D eigenvalue weighted by molar-refractivity contribution is 6.34. The highest BCUT2D eigenvalue weighted by Gasteiger charge is 2.44. The van der Waals surface area contributed by atoms with Crippen LogP contribution in [0.2, 0.25) is 5.02 Å². The molecule has 0 bridgehead atoms. The van der Waals surface area contributed by atoms with Gasteiger partial charge in [-0.05, 0) is 78.8 Å². The van der Waals surface area contributed by atoms with E-state index in [4.69, 9.17) is 17.3 Å². The minimum Gasteiger partial charge on any atom is -0.347 e. The number of amides is 1. The molecule has 1 amide bonds. The van der Waals surface area contributed by atoms with Crippen molar-refractivity contribution >= 4 is 17.5 Å². The second-order valence-corrected chi connectivity index (χ2v) is 11.4. The summed E-state index contributed by atoms with van der Waals surface area (Å²) in [4.78, 5) is 17.1. The molecule has 0 heterocycles. The Kier molecular flexibility index (Phi) is 11.3. The lowest BCUT2D eigenvalue weighted by atomic mass is 9.85. The fraction of sp³-hybridized carbons (Fsp3) is 0.750. The maximum Gasteiger partial charge on any atom is 0.417 e. The fourth-order valence-electron chi connectivity index (χ4n) is 6.39. The number of likely N-dealkylation sites (N-methyl/N-ethyl adjacent to an activating group) is 2. The average Bonchev–Trinajstić information content (AvgIpc) is 3.53. The Morgan fingerprint density at radius 1 is 0.973 bits per heavy atom. The number of nitrogens with one attached hydrogen (secondary N) is 1. The third-order valence-corrected chi connectivity index (χ3v) is 9.17. The third-order valence-electron chi connectivity index (χ3n) is 8.76. The van der Waals surface area contributed by atoms with Crippen LogP contribution in [0.1, 0.15) is 94.0 Å². The van der Waals surface area contributed by atoms with E-state index < -0.39 is 22.7 Å². The van der Waals surface area contributed by atoms with E-state index in [2.05, 4.69) is 36.1 Å². The molecule has 2 saturated carbocycles.